The standard InChI is InChI=1S/C34H54O3S.K/c1-2-3-4-5-6-7-8-9-10-11-12-13-14-15-16-17-18-19-20-22-26-32-29-25-30-33(38(35,36)37)34(32)31-27-23-21-24-28-31;/h21,23-25,27-30H,2-20,22,26H2,1H3,(H,35,36,37);/q;+1/p-1. The zero-order chi connectivity index (χ0) is 27.3. The van der Waals surface area contributed by atoms with E-state index in [9.17, 15) is 13.0 Å². The SMILES string of the molecule is CCCCCCCCCCCCCCCCCCCCCCc1cccc(S(=O)(=O)[O-])c1-c1ccccc1.[K+]. The number of hydrogen-bond acceptors (Lipinski definition) is 3. The number of benzene rings is 2. The minimum Gasteiger partial charge on any atom is -0.744 e. The molecule has 0 saturated heterocycles. The number of unbranched alkanes of at least 4 members (excludes halogenated alkanes) is 19. The Kier molecular flexibility index (Phi) is 22.3. The maximum absolute atomic E-state index is 11.9. The Morgan fingerprint density at radius 3 is 1.36 bits per heavy atom. The molecule has 0 N–H and O–H groups in total. The molecule has 2 rings (SSSR count). The summed E-state index contributed by atoms with van der Waals surface area (Å²) in [5.74, 6) is 0. The zero-order valence-corrected chi connectivity index (χ0v) is 29.0. The second-order valence-electron chi connectivity index (χ2n) is 11.1. The summed E-state index contributed by atoms with van der Waals surface area (Å²) in [6, 6.07) is 14.5. The van der Waals surface area contributed by atoms with Gasteiger partial charge in [0.1, 0.15) is 10.1 Å². The van der Waals surface area contributed by atoms with Gasteiger partial charge in [-0.2, -0.15) is 0 Å². The van der Waals surface area contributed by atoms with Gasteiger partial charge < -0.3 is 4.55 Å². The van der Waals surface area contributed by atoms with Gasteiger partial charge in [-0.1, -0.05) is 171 Å². The third-order valence-electron chi connectivity index (χ3n) is 7.74. The van der Waals surface area contributed by atoms with Crippen molar-refractivity contribution in [1.29, 1.82) is 0 Å². The Morgan fingerprint density at radius 2 is 0.949 bits per heavy atom. The van der Waals surface area contributed by atoms with Gasteiger partial charge in [0.05, 0.1) is 4.90 Å². The zero-order valence-electron chi connectivity index (χ0n) is 25.1. The van der Waals surface area contributed by atoms with Crippen molar-refractivity contribution in [3.63, 3.8) is 0 Å². The summed E-state index contributed by atoms with van der Waals surface area (Å²) in [7, 11) is -4.52. The van der Waals surface area contributed by atoms with Gasteiger partial charge in [-0.3, -0.25) is 0 Å². The van der Waals surface area contributed by atoms with E-state index in [1.54, 1.807) is 6.07 Å². The maximum Gasteiger partial charge on any atom is 1.00 e. The molecule has 0 aliphatic carbocycles. The smallest absolute Gasteiger partial charge is 0.744 e. The second kappa shape index (κ2) is 23.5. The first kappa shape index (κ1) is 37.0. The molecule has 0 atom stereocenters. The van der Waals surface area contributed by atoms with Crippen LogP contribution in [0.3, 0.4) is 0 Å². The fraction of sp³-hybridized carbons (Fsp3) is 0.647. The molecule has 0 radical (unpaired) electrons. The number of aryl methyl sites for hydroxylation is 1. The quantitative estimate of drug-likeness (QED) is 0.0771. The molecule has 0 bridgehead atoms. The summed E-state index contributed by atoms with van der Waals surface area (Å²) in [6.07, 6.45) is 27.9. The van der Waals surface area contributed by atoms with E-state index in [1.807, 2.05) is 36.4 Å². The van der Waals surface area contributed by atoms with Crippen molar-refractivity contribution in [2.24, 2.45) is 0 Å². The van der Waals surface area contributed by atoms with E-state index in [2.05, 4.69) is 6.92 Å². The molecule has 0 unspecified atom stereocenters. The Bertz CT molecular complexity index is 960. The van der Waals surface area contributed by atoms with Gasteiger partial charge in [0, 0.05) is 5.56 Å². The molecule has 0 aliphatic rings. The van der Waals surface area contributed by atoms with Crippen molar-refractivity contribution in [1.82, 2.24) is 0 Å². The summed E-state index contributed by atoms with van der Waals surface area (Å²) in [4.78, 5) is -0.102. The summed E-state index contributed by atoms with van der Waals surface area (Å²) < 4.78 is 35.6. The summed E-state index contributed by atoms with van der Waals surface area (Å²) in [5.41, 5.74) is 2.34. The average Bonchev–Trinajstić information content (AvgIpc) is 2.91. The minimum absolute atomic E-state index is 0. The molecule has 5 heteroatoms. The normalized spacial score (nSPS) is 11.4. The number of rotatable bonds is 23. The van der Waals surface area contributed by atoms with Crippen molar-refractivity contribution in [3.05, 3.63) is 54.1 Å². The summed E-state index contributed by atoms with van der Waals surface area (Å²) >= 11 is 0. The van der Waals surface area contributed by atoms with Gasteiger partial charge in [-0.05, 0) is 30.0 Å². The molecule has 0 fully saturated rings. The third kappa shape index (κ3) is 16.9. The van der Waals surface area contributed by atoms with Crippen LogP contribution in [0.25, 0.3) is 11.1 Å². The Balaban J connectivity index is 0.00000760. The molecule has 0 saturated carbocycles. The topological polar surface area (TPSA) is 57.2 Å². The van der Waals surface area contributed by atoms with E-state index in [1.165, 1.54) is 122 Å². The van der Waals surface area contributed by atoms with Crippen LogP contribution in [-0.2, 0) is 16.5 Å². The molecule has 2 aromatic rings. The van der Waals surface area contributed by atoms with Crippen LogP contribution in [0.4, 0.5) is 0 Å². The van der Waals surface area contributed by atoms with Crippen LogP contribution in [0.15, 0.2) is 53.4 Å². The van der Waals surface area contributed by atoms with Crippen LogP contribution >= 0.6 is 0 Å². The molecular weight excluding hydrogens is 528 g/mol. The number of hydrogen-bond donors (Lipinski definition) is 0. The fourth-order valence-corrected chi connectivity index (χ4v) is 6.24. The van der Waals surface area contributed by atoms with E-state index in [0.717, 1.165) is 30.4 Å². The maximum atomic E-state index is 11.9. The van der Waals surface area contributed by atoms with Crippen molar-refractivity contribution in [3.8, 4) is 11.1 Å². The van der Waals surface area contributed by atoms with Gasteiger partial charge in [-0.25, -0.2) is 8.42 Å². The van der Waals surface area contributed by atoms with E-state index in [0.29, 0.717) is 5.56 Å². The first-order chi connectivity index (χ1) is 18.5. The second-order valence-corrected chi connectivity index (χ2v) is 12.4. The van der Waals surface area contributed by atoms with Gasteiger partial charge in [0.25, 0.3) is 0 Å². The molecule has 2 aromatic carbocycles. The van der Waals surface area contributed by atoms with Gasteiger partial charge in [0.2, 0.25) is 0 Å². The molecule has 3 nitrogen and oxygen atoms in total. The average molecular weight is 581 g/mol. The summed E-state index contributed by atoms with van der Waals surface area (Å²) in [6.45, 7) is 2.28. The molecule has 0 aliphatic heterocycles. The monoisotopic (exact) mass is 580 g/mol. The predicted molar refractivity (Wildman–Crippen MR) is 162 cm³/mol. The van der Waals surface area contributed by atoms with E-state index >= 15 is 0 Å². The van der Waals surface area contributed by atoms with Crippen molar-refractivity contribution in [2.45, 2.75) is 147 Å². The van der Waals surface area contributed by atoms with Crippen molar-refractivity contribution >= 4 is 10.1 Å². The molecule has 39 heavy (non-hydrogen) atoms. The molecule has 0 heterocycles. The molecule has 0 aromatic heterocycles. The summed E-state index contributed by atoms with van der Waals surface area (Å²) in [5, 5.41) is 0. The Morgan fingerprint density at radius 1 is 0.538 bits per heavy atom. The van der Waals surface area contributed by atoms with E-state index in [4.69, 9.17) is 0 Å². The fourth-order valence-electron chi connectivity index (χ4n) is 5.50. The van der Waals surface area contributed by atoms with Crippen LogP contribution < -0.4 is 51.4 Å². The molecule has 214 valence electrons. The third-order valence-corrected chi connectivity index (χ3v) is 8.62. The van der Waals surface area contributed by atoms with Crippen molar-refractivity contribution < 1.29 is 64.4 Å². The van der Waals surface area contributed by atoms with Gasteiger partial charge >= 0.3 is 51.4 Å². The van der Waals surface area contributed by atoms with Crippen LogP contribution in [-0.4, -0.2) is 13.0 Å². The first-order valence-electron chi connectivity index (χ1n) is 15.7. The molecule has 0 amide bonds. The first-order valence-corrected chi connectivity index (χ1v) is 17.1. The van der Waals surface area contributed by atoms with Crippen LogP contribution in [0.2, 0.25) is 0 Å². The van der Waals surface area contributed by atoms with Crippen LogP contribution in [0, 0.1) is 0 Å². The van der Waals surface area contributed by atoms with Crippen LogP contribution in [0.1, 0.15) is 141 Å². The van der Waals surface area contributed by atoms with Crippen molar-refractivity contribution in [2.75, 3.05) is 0 Å². The van der Waals surface area contributed by atoms with E-state index in [-0.39, 0.29) is 56.3 Å². The van der Waals surface area contributed by atoms with Crippen LogP contribution in [0.5, 0.6) is 0 Å². The minimum atomic E-state index is -4.52. The molecule has 0 spiro atoms. The van der Waals surface area contributed by atoms with Gasteiger partial charge in [-0.15, -0.1) is 0 Å². The largest absolute Gasteiger partial charge is 1.00 e. The van der Waals surface area contributed by atoms with Gasteiger partial charge in [0.15, 0.2) is 0 Å². The van der Waals surface area contributed by atoms with E-state index < -0.39 is 10.1 Å². The molecular formula is C34H53KO3S. The predicted octanol–water partition coefficient (Wildman–Crippen LogP) is 7.63. The Labute approximate surface area is 283 Å². The Hall–Kier alpha value is -0.0136.